The van der Waals surface area contributed by atoms with Crippen LogP contribution in [0.3, 0.4) is 0 Å². The van der Waals surface area contributed by atoms with Crippen LogP contribution in [0.15, 0.2) is 42.5 Å². The second kappa shape index (κ2) is 8.95. The van der Waals surface area contributed by atoms with E-state index in [9.17, 15) is 23.1 Å². The van der Waals surface area contributed by atoms with Crippen LogP contribution in [-0.2, 0) is 11.0 Å². The molecule has 162 valence electrons. The summed E-state index contributed by atoms with van der Waals surface area (Å²) in [4.78, 5) is 13.6. The van der Waals surface area contributed by atoms with Crippen LogP contribution in [0.1, 0.15) is 42.0 Å². The normalized spacial score (nSPS) is 18.6. The summed E-state index contributed by atoms with van der Waals surface area (Å²) >= 11 is 0. The molecule has 0 spiro atoms. The Hall–Kier alpha value is -2.74. The lowest BCUT2D eigenvalue weighted by atomic mass is 9.88. The van der Waals surface area contributed by atoms with Crippen molar-refractivity contribution < 1.29 is 32.5 Å². The number of rotatable bonds is 6. The van der Waals surface area contributed by atoms with Gasteiger partial charge < -0.3 is 14.6 Å². The molecule has 1 saturated heterocycles. The van der Waals surface area contributed by atoms with E-state index in [-0.39, 0.29) is 11.3 Å². The maximum Gasteiger partial charge on any atom is 0.416 e. The summed E-state index contributed by atoms with van der Waals surface area (Å²) in [6.45, 7) is 0.355. The Labute approximate surface area is 173 Å². The zero-order valence-corrected chi connectivity index (χ0v) is 16.8. The number of para-hydroxylation sites is 1. The third kappa shape index (κ3) is 4.23. The molecule has 2 atom stereocenters. The van der Waals surface area contributed by atoms with Crippen LogP contribution in [0.4, 0.5) is 13.2 Å². The van der Waals surface area contributed by atoms with Gasteiger partial charge in [-0.3, -0.25) is 9.69 Å². The SMILES string of the molecule is COc1cccc(C(c2ccccc2C(F)(F)F)N2CCCCC2C(=O)O)c1OC. The number of ether oxygens (including phenoxy) is 2. The third-order valence-corrected chi connectivity index (χ3v) is 5.45. The minimum absolute atomic E-state index is 0.00953. The quantitative estimate of drug-likeness (QED) is 0.727. The van der Waals surface area contributed by atoms with E-state index >= 15 is 0 Å². The van der Waals surface area contributed by atoms with Crippen molar-refractivity contribution in [2.45, 2.75) is 37.5 Å². The maximum absolute atomic E-state index is 13.9. The van der Waals surface area contributed by atoms with E-state index in [4.69, 9.17) is 9.47 Å². The molecule has 2 aromatic rings. The predicted octanol–water partition coefficient (Wildman–Crippen LogP) is 4.75. The second-order valence-corrected chi connectivity index (χ2v) is 7.16. The highest BCUT2D eigenvalue weighted by atomic mass is 19.4. The second-order valence-electron chi connectivity index (χ2n) is 7.16. The average molecular weight is 423 g/mol. The molecule has 1 aliphatic heterocycles. The van der Waals surface area contributed by atoms with Gasteiger partial charge >= 0.3 is 12.1 Å². The summed E-state index contributed by atoms with van der Waals surface area (Å²) in [6.07, 6.45) is -2.82. The van der Waals surface area contributed by atoms with Gasteiger partial charge in [0, 0.05) is 5.56 Å². The first-order valence-electron chi connectivity index (χ1n) is 9.65. The first kappa shape index (κ1) is 22.0. The lowest BCUT2D eigenvalue weighted by molar-refractivity contribution is -0.145. The molecule has 2 aromatic carbocycles. The van der Waals surface area contributed by atoms with Crippen molar-refractivity contribution >= 4 is 5.97 Å². The summed E-state index contributed by atoms with van der Waals surface area (Å²) in [6, 6.07) is 8.40. The number of aliphatic carboxylic acids is 1. The van der Waals surface area contributed by atoms with Gasteiger partial charge in [-0.15, -0.1) is 0 Å². The van der Waals surface area contributed by atoms with Crippen molar-refractivity contribution in [3.05, 3.63) is 59.2 Å². The fourth-order valence-corrected chi connectivity index (χ4v) is 4.17. The number of likely N-dealkylation sites (tertiary alicyclic amines) is 1. The fraction of sp³-hybridized carbons (Fsp3) is 0.409. The van der Waals surface area contributed by atoms with Crippen LogP contribution in [0.5, 0.6) is 11.5 Å². The molecule has 1 heterocycles. The van der Waals surface area contributed by atoms with Crippen LogP contribution in [0, 0.1) is 0 Å². The summed E-state index contributed by atoms with van der Waals surface area (Å²) in [7, 11) is 2.86. The Morgan fingerprint density at radius 1 is 1.07 bits per heavy atom. The number of benzene rings is 2. The standard InChI is InChI=1S/C22H24F3NO4/c1-29-18-12-7-9-15(20(18)30-2)19(26-13-6-5-11-17(26)21(27)28)14-8-3-4-10-16(14)22(23,24)25/h3-4,7-10,12,17,19H,5-6,11,13H2,1-2H3,(H,27,28). The minimum atomic E-state index is -4.59. The van der Waals surface area contributed by atoms with Crippen molar-refractivity contribution in [1.82, 2.24) is 4.90 Å². The van der Waals surface area contributed by atoms with Gasteiger partial charge in [-0.2, -0.15) is 13.2 Å². The molecule has 5 nitrogen and oxygen atoms in total. The molecule has 0 amide bonds. The van der Waals surface area contributed by atoms with Gasteiger partial charge in [-0.1, -0.05) is 36.8 Å². The molecule has 1 fully saturated rings. The first-order chi connectivity index (χ1) is 14.3. The Balaban J connectivity index is 2.28. The van der Waals surface area contributed by atoms with Crippen molar-refractivity contribution in [3.8, 4) is 11.5 Å². The van der Waals surface area contributed by atoms with Gasteiger partial charge in [0.2, 0.25) is 0 Å². The molecular formula is C22H24F3NO4. The highest BCUT2D eigenvalue weighted by Gasteiger charge is 2.41. The first-order valence-corrected chi connectivity index (χ1v) is 9.65. The van der Waals surface area contributed by atoms with E-state index in [1.807, 2.05) is 0 Å². The van der Waals surface area contributed by atoms with Crippen molar-refractivity contribution in [2.75, 3.05) is 20.8 Å². The van der Waals surface area contributed by atoms with Gasteiger partial charge in [0.15, 0.2) is 11.5 Å². The van der Waals surface area contributed by atoms with E-state index in [0.717, 1.165) is 6.07 Å². The molecular weight excluding hydrogens is 399 g/mol. The Bertz CT molecular complexity index is 900. The van der Waals surface area contributed by atoms with E-state index in [0.29, 0.717) is 37.1 Å². The number of methoxy groups -OCH3 is 2. The molecule has 30 heavy (non-hydrogen) atoms. The molecule has 2 unspecified atom stereocenters. The summed E-state index contributed by atoms with van der Waals surface area (Å²) in [5.74, 6) is -0.392. The van der Waals surface area contributed by atoms with Crippen molar-refractivity contribution in [2.24, 2.45) is 0 Å². The molecule has 8 heteroatoms. The van der Waals surface area contributed by atoms with Gasteiger partial charge in [-0.25, -0.2) is 0 Å². The smallest absolute Gasteiger partial charge is 0.416 e. The van der Waals surface area contributed by atoms with Gasteiger partial charge in [0.1, 0.15) is 6.04 Å². The van der Waals surface area contributed by atoms with Crippen LogP contribution in [0.25, 0.3) is 0 Å². The number of hydrogen-bond donors (Lipinski definition) is 1. The van der Waals surface area contributed by atoms with Crippen LogP contribution < -0.4 is 9.47 Å². The molecule has 1 N–H and O–H groups in total. The van der Waals surface area contributed by atoms with Crippen LogP contribution >= 0.6 is 0 Å². The molecule has 1 aliphatic rings. The largest absolute Gasteiger partial charge is 0.493 e. The number of carboxylic acids is 1. The fourth-order valence-electron chi connectivity index (χ4n) is 4.17. The molecule has 3 rings (SSSR count). The van der Waals surface area contributed by atoms with Crippen molar-refractivity contribution in [1.29, 1.82) is 0 Å². The minimum Gasteiger partial charge on any atom is -0.493 e. The lowest BCUT2D eigenvalue weighted by Gasteiger charge is -2.40. The maximum atomic E-state index is 13.9. The zero-order chi connectivity index (χ0) is 21.9. The number of halogens is 3. The van der Waals surface area contributed by atoms with Crippen LogP contribution in [0.2, 0.25) is 0 Å². The topological polar surface area (TPSA) is 59.0 Å². The number of carbonyl (C=O) groups is 1. The molecule has 0 radical (unpaired) electrons. The predicted molar refractivity (Wildman–Crippen MR) is 105 cm³/mol. The molecule has 0 bridgehead atoms. The summed E-state index contributed by atoms with van der Waals surface area (Å²) < 4.78 is 52.5. The number of carboxylic acid groups (broad SMARTS) is 1. The highest BCUT2D eigenvalue weighted by Crippen LogP contribution is 2.45. The molecule has 0 saturated carbocycles. The van der Waals surface area contributed by atoms with Crippen LogP contribution in [-0.4, -0.2) is 42.8 Å². The van der Waals surface area contributed by atoms with E-state index in [1.165, 1.54) is 32.4 Å². The number of piperidine rings is 1. The number of alkyl halides is 3. The van der Waals surface area contributed by atoms with Gasteiger partial charge in [0.05, 0.1) is 25.8 Å². The van der Waals surface area contributed by atoms with Gasteiger partial charge in [-0.05, 0) is 37.1 Å². The summed E-state index contributed by atoms with van der Waals surface area (Å²) in [5.41, 5.74) is -0.374. The highest BCUT2D eigenvalue weighted by molar-refractivity contribution is 5.74. The Morgan fingerprint density at radius 2 is 1.77 bits per heavy atom. The Kier molecular flexibility index (Phi) is 6.55. The van der Waals surface area contributed by atoms with Gasteiger partial charge in [0.25, 0.3) is 0 Å². The lowest BCUT2D eigenvalue weighted by Crippen LogP contribution is -2.47. The van der Waals surface area contributed by atoms with E-state index in [1.54, 1.807) is 23.1 Å². The monoisotopic (exact) mass is 423 g/mol. The number of hydrogen-bond acceptors (Lipinski definition) is 4. The van der Waals surface area contributed by atoms with E-state index < -0.39 is 29.8 Å². The van der Waals surface area contributed by atoms with Crippen molar-refractivity contribution in [3.63, 3.8) is 0 Å². The third-order valence-electron chi connectivity index (χ3n) is 5.45. The molecule has 0 aromatic heterocycles. The zero-order valence-electron chi connectivity index (χ0n) is 16.8. The Morgan fingerprint density at radius 3 is 2.40 bits per heavy atom. The number of nitrogens with zero attached hydrogens (tertiary/aromatic N) is 1. The summed E-state index contributed by atoms with van der Waals surface area (Å²) in [5, 5.41) is 9.79. The van der Waals surface area contributed by atoms with E-state index in [2.05, 4.69) is 0 Å². The average Bonchev–Trinajstić information content (AvgIpc) is 2.73. The molecule has 0 aliphatic carbocycles.